The van der Waals surface area contributed by atoms with E-state index in [0.717, 1.165) is 11.3 Å². The van der Waals surface area contributed by atoms with Gasteiger partial charge in [0.15, 0.2) is 6.10 Å². The van der Waals surface area contributed by atoms with Gasteiger partial charge in [-0.3, -0.25) is 14.4 Å². The van der Waals surface area contributed by atoms with Crippen molar-refractivity contribution in [3.8, 4) is 5.75 Å². The van der Waals surface area contributed by atoms with E-state index in [2.05, 4.69) is 4.99 Å². The fourth-order valence-corrected chi connectivity index (χ4v) is 2.47. The Kier molecular flexibility index (Phi) is 3.60. The van der Waals surface area contributed by atoms with E-state index in [0.29, 0.717) is 11.9 Å². The summed E-state index contributed by atoms with van der Waals surface area (Å²) in [5.74, 6) is 0.723. The van der Waals surface area contributed by atoms with Crippen LogP contribution < -0.4 is 10.2 Å². The molecule has 108 valence electrons. The Balaban J connectivity index is 1.92. The van der Waals surface area contributed by atoms with Crippen LogP contribution in [0.1, 0.15) is 24.2 Å². The van der Waals surface area contributed by atoms with Gasteiger partial charge in [0.2, 0.25) is 0 Å². The van der Waals surface area contributed by atoms with E-state index in [4.69, 9.17) is 4.74 Å². The minimum Gasteiger partial charge on any atom is -0.480 e. The number of ether oxygens (including phenoxy) is 1. The smallest absolute Gasteiger partial charge is 0.273 e. The maximum atomic E-state index is 12.7. The minimum absolute atomic E-state index is 0.0776. The van der Waals surface area contributed by atoms with Crippen LogP contribution in [0.5, 0.6) is 5.75 Å². The van der Waals surface area contributed by atoms with Crippen LogP contribution in [-0.4, -0.2) is 22.6 Å². The van der Waals surface area contributed by atoms with Crippen LogP contribution in [-0.2, 0) is 6.42 Å². The number of hydrogen-bond donors (Lipinski definition) is 0. The summed E-state index contributed by atoms with van der Waals surface area (Å²) in [7, 11) is 0. The van der Waals surface area contributed by atoms with Gasteiger partial charge >= 0.3 is 0 Å². The first-order valence-corrected chi connectivity index (χ1v) is 7.15. The Bertz CT molecular complexity index is 706. The number of carbonyl (C=O) groups is 1. The number of fused-ring (bicyclic) bond motifs is 1. The number of benzene rings is 1. The van der Waals surface area contributed by atoms with E-state index < -0.39 is 6.10 Å². The molecule has 2 heterocycles. The quantitative estimate of drug-likeness (QED) is 0.849. The molecule has 0 amide bonds. The van der Waals surface area contributed by atoms with Gasteiger partial charge < -0.3 is 4.74 Å². The average molecular weight is 282 g/mol. The van der Waals surface area contributed by atoms with E-state index >= 15 is 0 Å². The van der Waals surface area contributed by atoms with Crippen LogP contribution >= 0.6 is 0 Å². The molecular formula is C17H18N2O2. The second-order valence-electron chi connectivity index (χ2n) is 5.41. The maximum Gasteiger partial charge on any atom is 0.273 e. The number of rotatable bonds is 2. The van der Waals surface area contributed by atoms with Gasteiger partial charge in [-0.2, -0.15) is 0 Å². The molecule has 1 aromatic heterocycles. The molecule has 0 saturated carbocycles. The van der Waals surface area contributed by atoms with Crippen molar-refractivity contribution < 1.29 is 9.53 Å². The minimum atomic E-state index is -0.476. The third-order valence-electron chi connectivity index (χ3n) is 3.39. The van der Waals surface area contributed by atoms with Crippen molar-refractivity contribution in [2.24, 2.45) is 4.99 Å². The fraction of sp³-hybridized carbons (Fsp3) is 0.294. The zero-order valence-corrected chi connectivity index (χ0v) is 12.2. The molecule has 1 unspecified atom stereocenters. The lowest BCUT2D eigenvalue weighted by atomic mass is 10.1. The van der Waals surface area contributed by atoms with E-state index in [1.165, 1.54) is 0 Å². The Labute approximate surface area is 123 Å². The summed E-state index contributed by atoms with van der Waals surface area (Å²) in [6.07, 6.45) is 1.88. The largest absolute Gasteiger partial charge is 0.480 e. The molecule has 1 aliphatic heterocycles. The number of aromatic nitrogens is 1. The number of para-hydroxylation sites is 1. The van der Waals surface area contributed by atoms with Crippen molar-refractivity contribution in [1.82, 2.24) is 4.57 Å². The molecule has 1 aliphatic rings. The van der Waals surface area contributed by atoms with Crippen molar-refractivity contribution in [2.45, 2.75) is 32.4 Å². The molecule has 3 rings (SSSR count). The summed E-state index contributed by atoms with van der Waals surface area (Å²) in [4.78, 5) is 17.2. The van der Waals surface area contributed by atoms with Crippen molar-refractivity contribution in [3.05, 3.63) is 59.7 Å². The zero-order chi connectivity index (χ0) is 14.8. The van der Waals surface area contributed by atoms with E-state index in [-0.39, 0.29) is 11.9 Å². The van der Waals surface area contributed by atoms with Gasteiger partial charge in [0.05, 0.1) is 0 Å². The number of hydrogen-bond acceptors (Lipinski definition) is 3. The average Bonchev–Trinajstić information content (AvgIpc) is 2.90. The molecule has 0 fully saturated rings. The molecule has 2 aromatic rings. The van der Waals surface area contributed by atoms with E-state index in [1.807, 2.05) is 56.3 Å². The highest BCUT2D eigenvalue weighted by molar-refractivity contribution is 5.84. The lowest BCUT2D eigenvalue weighted by molar-refractivity contribution is 0.0728. The van der Waals surface area contributed by atoms with Gasteiger partial charge in [0.1, 0.15) is 11.2 Å². The lowest BCUT2D eigenvalue weighted by Crippen LogP contribution is -2.37. The molecule has 0 radical (unpaired) electrons. The highest BCUT2D eigenvalue weighted by Gasteiger charge is 2.29. The van der Waals surface area contributed by atoms with Crippen LogP contribution in [0.3, 0.4) is 0 Å². The lowest BCUT2D eigenvalue weighted by Gasteiger charge is -2.12. The summed E-state index contributed by atoms with van der Waals surface area (Å²) in [5.41, 5.74) is 1.74. The Morgan fingerprint density at radius 3 is 2.76 bits per heavy atom. The zero-order valence-electron chi connectivity index (χ0n) is 12.2. The molecule has 0 aliphatic carbocycles. The summed E-state index contributed by atoms with van der Waals surface area (Å²) >= 11 is 0. The monoisotopic (exact) mass is 282 g/mol. The Hall–Kier alpha value is -2.36. The second-order valence-corrected chi connectivity index (χ2v) is 5.41. The van der Waals surface area contributed by atoms with Gasteiger partial charge in [-0.25, -0.2) is 0 Å². The van der Waals surface area contributed by atoms with Crippen molar-refractivity contribution in [1.29, 1.82) is 0 Å². The molecule has 1 atom stereocenters. The SMILES string of the molecule is CC(C)N=c1ccccn1C(=O)C1Cc2ccccc2O1. The number of pyridine rings is 1. The first-order valence-electron chi connectivity index (χ1n) is 7.15. The van der Waals surface area contributed by atoms with Gasteiger partial charge in [-0.1, -0.05) is 24.3 Å². The molecule has 21 heavy (non-hydrogen) atoms. The van der Waals surface area contributed by atoms with Crippen molar-refractivity contribution >= 4 is 5.91 Å². The van der Waals surface area contributed by atoms with E-state index in [9.17, 15) is 4.79 Å². The van der Waals surface area contributed by atoms with Crippen LogP contribution in [0.15, 0.2) is 53.7 Å². The normalized spacial score (nSPS) is 17.7. The summed E-state index contributed by atoms with van der Waals surface area (Å²) in [5, 5.41) is 0. The Morgan fingerprint density at radius 2 is 2.00 bits per heavy atom. The van der Waals surface area contributed by atoms with Crippen LogP contribution in [0.4, 0.5) is 0 Å². The van der Waals surface area contributed by atoms with Gasteiger partial charge in [0.25, 0.3) is 5.91 Å². The first-order chi connectivity index (χ1) is 10.1. The first kappa shape index (κ1) is 13.6. The summed E-state index contributed by atoms with van der Waals surface area (Å²) in [6.45, 7) is 3.98. The fourth-order valence-electron chi connectivity index (χ4n) is 2.47. The molecule has 0 spiro atoms. The molecular weight excluding hydrogens is 264 g/mol. The second kappa shape index (κ2) is 5.56. The standard InChI is InChI=1S/C17H18N2O2/c1-12(2)18-16-9-5-6-10-19(16)17(20)15-11-13-7-3-4-8-14(13)21-15/h3-10,12,15H,11H2,1-2H3. The number of carbonyl (C=O) groups excluding carboxylic acids is 1. The van der Waals surface area contributed by atoms with Crippen LogP contribution in [0.2, 0.25) is 0 Å². The molecule has 0 N–H and O–H groups in total. The molecule has 4 nitrogen and oxygen atoms in total. The van der Waals surface area contributed by atoms with Crippen LogP contribution in [0, 0.1) is 0 Å². The van der Waals surface area contributed by atoms with Gasteiger partial charge in [-0.15, -0.1) is 0 Å². The van der Waals surface area contributed by atoms with Crippen molar-refractivity contribution in [2.75, 3.05) is 0 Å². The topological polar surface area (TPSA) is 43.6 Å². The van der Waals surface area contributed by atoms with Crippen molar-refractivity contribution in [3.63, 3.8) is 0 Å². The van der Waals surface area contributed by atoms with Gasteiger partial charge in [-0.05, 0) is 37.6 Å². The predicted octanol–water partition coefficient (Wildman–Crippen LogP) is 2.44. The highest BCUT2D eigenvalue weighted by Crippen LogP contribution is 2.28. The predicted molar refractivity (Wildman–Crippen MR) is 80.3 cm³/mol. The van der Waals surface area contributed by atoms with E-state index in [1.54, 1.807) is 10.8 Å². The highest BCUT2D eigenvalue weighted by atomic mass is 16.5. The number of nitrogens with zero attached hydrogens (tertiary/aromatic N) is 2. The van der Waals surface area contributed by atoms with Crippen LogP contribution in [0.25, 0.3) is 0 Å². The maximum absolute atomic E-state index is 12.7. The molecule has 4 heteroatoms. The Morgan fingerprint density at radius 1 is 1.24 bits per heavy atom. The summed E-state index contributed by atoms with van der Waals surface area (Å²) < 4.78 is 7.35. The van der Waals surface area contributed by atoms with Gasteiger partial charge in [0, 0.05) is 18.7 Å². The third-order valence-corrected chi connectivity index (χ3v) is 3.39. The summed E-state index contributed by atoms with van der Waals surface area (Å²) in [6, 6.07) is 13.5. The molecule has 0 bridgehead atoms. The third kappa shape index (κ3) is 2.75. The molecule has 1 aromatic carbocycles. The molecule has 0 saturated heterocycles.